The third-order valence-corrected chi connectivity index (χ3v) is 5.75. The van der Waals surface area contributed by atoms with E-state index < -0.39 is 5.63 Å². The largest absolute Gasteiger partial charge is 0.507 e. The van der Waals surface area contributed by atoms with Crippen molar-refractivity contribution in [2.75, 3.05) is 12.3 Å². The van der Waals surface area contributed by atoms with Crippen LogP contribution in [0.15, 0.2) is 38.5 Å². The molecule has 1 atom stereocenters. The SMILES string of the molecule is Cc1cc(O)c(C2=NCCS[C@H](c3ccc(Cl)c(Cl)c3)C2)c(=O)o1. The minimum atomic E-state index is -0.564. The number of benzene rings is 1. The van der Waals surface area contributed by atoms with E-state index >= 15 is 0 Å². The van der Waals surface area contributed by atoms with Crippen LogP contribution in [0, 0.1) is 6.92 Å². The van der Waals surface area contributed by atoms with Gasteiger partial charge in [0.15, 0.2) is 0 Å². The number of hydrogen-bond acceptors (Lipinski definition) is 5. The molecule has 1 N–H and O–H groups in total. The van der Waals surface area contributed by atoms with Crippen molar-refractivity contribution in [1.29, 1.82) is 0 Å². The minimum absolute atomic E-state index is 0.0705. The lowest BCUT2D eigenvalue weighted by atomic mass is 10.0. The third kappa shape index (κ3) is 3.63. The monoisotopic (exact) mass is 383 g/mol. The standard InChI is InChI=1S/C17H15Cl2NO3S/c1-9-6-14(21)16(17(22)23-9)13-8-15(24-5-4-20-13)10-2-3-11(18)12(19)7-10/h2-3,6-7,15,21H,4-5,8H2,1H3/t15-/m0/s1. The second-order valence-electron chi connectivity index (χ2n) is 5.47. The first-order valence-electron chi connectivity index (χ1n) is 7.39. The number of rotatable bonds is 2. The molecule has 1 aliphatic heterocycles. The zero-order chi connectivity index (χ0) is 17.3. The summed E-state index contributed by atoms with van der Waals surface area (Å²) in [7, 11) is 0. The van der Waals surface area contributed by atoms with Gasteiger partial charge >= 0.3 is 5.63 Å². The minimum Gasteiger partial charge on any atom is -0.507 e. The zero-order valence-corrected chi connectivity index (χ0v) is 15.2. The van der Waals surface area contributed by atoms with Gasteiger partial charge in [-0.05, 0) is 24.6 Å². The van der Waals surface area contributed by atoms with Crippen molar-refractivity contribution < 1.29 is 9.52 Å². The Morgan fingerprint density at radius 1 is 1.29 bits per heavy atom. The van der Waals surface area contributed by atoms with Gasteiger partial charge in [0.05, 0.1) is 15.8 Å². The van der Waals surface area contributed by atoms with E-state index in [0.717, 1.165) is 11.3 Å². The van der Waals surface area contributed by atoms with Gasteiger partial charge in [0.2, 0.25) is 0 Å². The summed E-state index contributed by atoms with van der Waals surface area (Å²) in [5, 5.41) is 11.2. The molecule has 0 spiro atoms. The van der Waals surface area contributed by atoms with E-state index in [-0.39, 0.29) is 16.6 Å². The molecule has 3 rings (SSSR count). The summed E-state index contributed by atoms with van der Waals surface area (Å²) in [6.07, 6.45) is 0.504. The van der Waals surface area contributed by atoms with Crippen LogP contribution in [0.5, 0.6) is 5.75 Å². The van der Waals surface area contributed by atoms with Crippen LogP contribution >= 0.6 is 35.0 Å². The summed E-state index contributed by atoms with van der Waals surface area (Å²) < 4.78 is 5.12. The van der Waals surface area contributed by atoms with Crippen LogP contribution in [0.3, 0.4) is 0 Å². The van der Waals surface area contributed by atoms with Crippen molar-refractivity contribution >= 4 is 40.7 Å². The molecular weight excluding hydrogens is 369 g/mol. The molecule has 4 nitrogen and oxygen atoms in total. The number of nitrogens with zero attached hydrogens (tertiary/aromatic N) is 1. The molecule has 24 heavy (non-hydrogen) atoms. The van der Waals surface area contributed by atoms with Crippen molar-refractivity contribution in [1.82, 2.24) is 0 Å². The predicted molar refractivity (Wildman–Crippen MR) is 99.1 cm³/mol. The quantitative estimate of drug-likeness (QED) is 0.820. The summed E-state index contributed by atoms with van der Waals surface area (Å²) in [5.41, 5.74) is 1.15. The average molecular weight is 384 g/mol. The number of aliphatic imine (C=N–C) groups is 1. The van der Waals surface area contributed by atoms with Crippen molar-refractivity contribution in [3.8, 4) is 5.75 Å². The van der Waals surface area contributed by atoms with Crippen LogP contribution in [0.2, 0.25) is 10.0 Å². The molecule has 0 aliphatic carbocycles. The Bertz CT molecular complexity index is 863. The van der Waals surface area contributed by atoms with Gasteiger partial charge in [-0.25, -0.2) is 4.79 Å². The number of aryl methyl sites for hydroxylation is 1. The number of halogens is 2. The molecule has 0 radical (unpaired) electrons. The smallest absolute Gasteiger partial charge is 0.348 e. The highest BCUT2D eigenvalue weighted by molar-refractivity contribution is 7.99. The summed E-state index contributed by atoms with van der Waals surface area (Å²) in [6, 6.07) is 6.96. The van der Waals surface area contributed by atoms with Gasteiger partial charge in [-0.1, -0.05) is 29.3 Å². The molecule has 0 saturated heterocycles. The molecule has 0 amide bonds. The average Bonchev–Trinajstić information content (AvgIpc) is 2.75. The maximum atomic E-state index is 12.2. The Balaban J connectivity index is 1.97. The lowest BCUT2D eigenvalue weighted by Gasteiger charge is -2.16. The predicted octanol–water partition coefficient (Wildman–Crippen LogP) is 4.63. The fourth-order valence-electron chi connectivity index (χ4n) is 2.64. The molecule has 2 aromatic rings. The van der Waals surface area contributed by atoms with Gasteiger partial charge in [-0.2, -0.15) is 11.8 Å². The van der Waals surface area contributed by atoms with Gasteiger partial charge in [0.1, 0.15) is 17.1 Å². The lowest BCUT2D eigenvalue weighted by Crippen LogP contribution is -2.17. The molecule has 0 unspecified atom stereocenters. The van der Waals surface area contributed by atoms with E-state index in [2.05, 4.69) is 4.99 Å². The molecule has 2 heterocycles. The Hall–Kier alpha value is -1.43. The normalized spacial score (nSPS) is 18.1. The molecule has 7 heteroatoms. The number of aromatic hydroxyl groups is 1. The molecule has 0 saturated carbocycles. The first kappa shape index (κ1) is 17.4. The second-order valence-corrected chi connectivity index (χ2v) is 7.60. The molecule has 1 aromatic carbocycles. The van der Waals surface area contributed by atoms with Crippen LogP contribution in [0.4, 0.5) is 0 Å². The molecular formula is C17H15Cl2NO3S. The Morgan fingerprint density at radius 2 is 2.08 bits per heavy atom. The maximum absolute atomic E-state index is 12.2. The highest BCUT2D eigenvalue weighted by Crippen LogP contribution is 2.38. The van der Waals surface area contributed by atoms with Gasteiger partial charge in [-0.15, -0.1) is 0 Å². The summed E-state index contributed by atoms with van der Waals surface area (Å²) in [6.45, 7) is 2.19. The highest BCUT2D eigenvalue weighted by Gasteiger charge is 2.24. The van der Waals surface area contributed by atoms with E-state index in [0.29, 0.717) is 34.5 Å². The van der Waals surface area contributed by atoms with Crippen molar-refractivity contribution in [2.24, 2.45) is 4.99 Å². The fourth-order valence-corrected chi connectivity index (χ4v) is 4.05. The summed E-state index contributed by atoms with van der Waals surface area (Å²) in [4.78, 5) is 16.6. The van der Waals surface area contributed by atoms with E-state index in [9.17, 15) is 9.90 Å². The Labute approximate surface area is 153 Å². The summed E-state index contributed by atoms with van der Waals surface area (Å²) >= 11 is 13.8. The lowest BCUT2D eigenvalue weighted by molar-refractivity contribution is 0.432. The number of hydrogen-bond donors (Lipinski definition) is 1. The Morgan fingerprint density at radius 3 is 2.79 bits per heavy atom. The van der Waals surface area contributed by atoms with Crippen LogP contribution in [0.25, 0.3) is 0 Å². The second kappa shape index (κ2) is 7.21. The molecule has 0 bridgehead atoms. The van der Waals surface area contributed by atoms with Gasteiger partial charge in [0.25, 0.3) is 0 Å². The van der Waals surface area contributed by atoms with E-state index in [1.54, 1.807) is 24.8 Å². The first-order valence-corrected chi connectivity index (χ1v) is 9.20. The highest BCUT2D eigenvalue weighted by atomic mass is 35.5. The van der Waals surface area contributed by atoms with Crippen LogP contribution in [-0.4, -0.2) is 23.1 Å². The first-order chi connectivity index (χ1) is 11.5. The van der Waals surface area contributed by atoms with Crippen LogP contribution in [-0.2, 0) is 0 Å². The van der Waals surface area contributed by atoms with Crippen molar-refractivity contribution in [2.45, 2.75) is 18.6 Å². The van der Waals surface area contributed by atoms with Crippen molar-refractivity contribution in [3.63, 3.8) is 0 Å². The van der Waals surface area contributed by atoms with E-state index in [4.69, 9.17) is 27.6 Å². The molecule has 126 valence electrons. The molecule has 1 aliphatic rings. The molecule has 0 fully saturated rings. The topological polar surface area (TPSA) is 62.8 Å². The fraction of sp³-hybridized carbons (Fsp3) is 0.294. The summed E-state index contributed by atoms with van der Waals surface area (Å²) in [5.74, 6) is 1.08. The van der Waals surface area contributed by atoms with Crippen molar-refractivity contribution in [3.05, 3.63) is 61.6 Å². The zero-order valence-electron chi connectivity index (χ0n) is 12.9. The van der Waals surface area contributed by atoms with Crippen LogP contribution < -0.4 is 5.63 Å². The Kier molecular flexibility index (Phi) is 5.23. The van der Waals surface area contributed by atoms with E-state index in [1.165, 1.54) is 6.07 Å². The van der Waals surface area contributed by atoms with E-state index in [1.807, 2.05) is 12.1 Å². The maximum Gasteiger partial charge on any atom is 0.348 e. The third-order valence-electron chi connectivity index (χ3n) is 3.75. The number of thioether (sulfide) groups is 1. The van der Waals surface area contributed by atoms with Gasteiger partial charge < -0.3 is 9.52 Å². The molecule has 1 aromatic heterocycles. The van der Waals surface area contributed by atoms with Gasteiger partial charge in [-0.3, -0.25) is 4.99 Å². The van der Waals surface area contributed by atoms with Crippen LogP contribution in [0.1, 0.15) is 28.6 Å². The van der Waals surface area contributed by atoms with Gasteiger partial charge in [0, 0.05) is 30.0 Å².